The minimum absolute atomic E-state index is 0.109. The summed E-state index contributed by atoms with van der Waals surface area (Å²) in [6.45, 7) is 3.91. The Morgan fingerprint density at radius 2 is 1.96 bits per heavy atom. The van der Waals surface area contributed by atoms with Gasteiger partial charge in [-0.3, -0.25) is 4.79 Å². The van der Waals surface area contributed by atoms with Crippen LogP contribution >= 0.6 is 11.6 Å². The van der Waals surface area contributed by atoms with Crippen molar-refractivity contribution in [2.75, 3.05) is 6.61 Å². The number of unbranched alkanes of at least 4 members (excludes halogenated alkanes) is 6. The second kappa shape index (κ2) is 10.1. The number of phenolic OH excluding ortho intramolecular Hbond substituents is 1. The number of halogens is 1. The highest BCUT2D eigenvalue weighted by Crippen LogP contribution is 2.39. The zero-order chi connectivity index (χ0) is 19.0. The van der Waals surface area contributed by atoms with Crippen molar-refractivity contribution in [3.05, 3.63) is 28.8 Å². The van der Waals surface area contributed by atoms with Crippen molar-refractivity contribution in [1.29, 1.82) is 0 Å². The predicted octanol–water partition coefficient (Wildman–Crippen LogP) is 5.06. The van der Waals surface area contributed by atoms with Crippen LogP contribution in [0.15, 0.2) is 18.2 Å². The van der Waals surface area contributed by atoms with E-state index in [1.54, 1.807) is 12.1 Å². The van der Waals surface area contributed by atoms with Gasteiger partial charge < -0.3 is 19.9 Å². The van der Waals surface area contributed by atoms with Gasteiger partial charge in [-0.15, -0.1) is 0 Å². The van der Waals surface area contributed by atoms with Gasteiger partial charge in [0.05, 0.1) is 6.61 Å². The smallest absolute Gasteiger partial charge is 0.252 e. The van der Waals surface area contributed by atoms with E-state index in [1.807, 2.05) is 0 Å². The lowest BCUT2D eigenvalue weighted by Gasteiger charge is -2.28. The van der Waals surface area contributed by atoms with Crippen molar-refractivity contribution >= 4 is 17.5 Å². The summed E-state index contributed by atoms with van der Waals surface area (Å²) in [5.74, 6) is -1.23. The fraction of sp³-hybridized carbons (Fsp3) is 0.650. The van der Waals surface area contributed by atoms with Gasteiger partial charge in [0.25, 0.3) is 5.91 Å². The maximum atomic E-state index is 11.6. The molecule has 0 spiro atoms. The molecule has 1 fully saturated rings. The van der Waals surface area contributed by atoms with E-state index in [0.29, 0.717) is 17.0 Å². The molecule has 0 aromatic heterocycles. The van der Waals surface area contributed by atoms with Gasteiger partial charge in [0.2, 0.25) is 5.91 Å². The van der Waals surface area contributed by atoms with Crippen molar-refractivity contribution < 1.29 is 19.4 Å². The van der Waals surface area contributed by atoms with Crippen molar-refractivity contribution in [3.63, 3.8) is 0 Å². The van der Waals surface area contributed by atoms with E-state index in [1.165, 1.54) is 45.1 Å². The van der Waals surface area contributed by atoms with Crippen molar-refractivity contribution in [3.8, 4) is 5.75 Å². The zero-order valence-electron chi connectivity index (χ0n) is 15.7. The summed E-state index contributed by atoms with van der Waals surface area (Å²) < 4.78 is 11.9. The van der Waals surface area contributed by atoms with Gasteiger partial charge in [-0.1, -0.05) is 57.0 Å². The molecule has 2 atom stereocenters. The lowest BCUT2D eigenvalue weighted by Crippen LogP contribution is -2.48. The molecule has 26 heavy (non-hydrogen) atoms. The standard InChI is InChI=1S/C20H30ClNO4/c1-3-4-5-6-7-8-9-12-20(22-15(2)23)25-14-19(26-20)17-13-16(21)10-11-18(17)24/h10-11,13,19,24H,3-9,12,14H2,1-2H3,(H,22,23). The number of phenols is 1. The first-order valence-electron chi connectivity index (χ1n) is 9.54. The minimum atomic E-state index is -1.13. The van der Waals surface area contributed by atoms with Crippen LogP contribution in [0.3, 0.4) is 0 Å². The molecule has 146 valence electrons. The number of aromatic hydroxyl groups is 1. The van der Waals surface area contributed by atoms with Crippen LogP contribution in [0, 0.1) is 0 Å². The molecule has 0 radical (unpaired) electrons. The second-order valence-corrected chi connectivity index (χ2v) is 7.36. The lowest BCUT2D eigenvalue weighted by atomic mass is 10.1. The van der Waals surface area contributed by atoms with Gasteiger partial charge in [-0.05, 0) is 24.6 Å². The molecule has 2 rings (SSSR count). The third-order valence-electron chi connectivity index (χ3n) is 4.61. The third-order valence-corrected chi connectivity index (χ3v) is 4.85. The first kappa shape index (κ1) is 21.0. The first-order chi connectivity index (χ1) is 12.5. The van der Waals surface area contributed by atoms with E-state index in [9.17, 15) is 9.90 Å². The molecule has 1 aliphatic rings. The maximum Gasteiger partial charge on any atom is 0.252 e. The Morgan fingerprint density at radius 3 is 2.65 bits per heavy atom. The number of amides is 1. The number of benzene rings is 1. The average Bonchev–Trinajstić information content (AvgIpc) is 2.99. The van der Waals surface area contributed by atoms with E-state index >= 15 is 0 Å². The molecular weight excluding hydrogens is 354 g/mol. The van der Waals surface area contributed by atoms with Crippen molar-refractivity contribution in [2.24, 2.45) is 0 Å². The molecule has 1 aromatic carbocycles. The third kappa shape index (κ3) is 6.15. The van der Waals surface area contributed by atoms with Crippen LogP contribution < -0.4 is 5.32 Å². The van der Waals surface area contributed by atoms with Crippen LogP contribution in [-0.2, 0) is 14.3 Å². The number of rotatable bonds is 10. The van der Waals surface area contributed by atoms with Crippen molar-refractivity contribution in [1.82, 2.24) is 5.32 Å². The molecule has 1 aliphatic heterocycles. The maximum absolute atomic E-state index is 11.6. The molecule has 6 heteroatoms. The zero-order valence-corrected chi connectivity index (χ0v) is 16.5. The van der Waals surface area contributed by atoms with Gasteiger partial charge in [0, 0.05) is 23.9 Å². The summed E-state index contributed by atoms with van der Waals surface area (Å²) in [5, 5.41) is 13.4. The van der Waals surface area contributed by atoms with Gasteiger partial charge >= 0.3 is 0 Å². The Morgan fingerprint density at radius 1 is 1.27 bits per heavy atom. The molecule has 2 N–H and O–H groups in total. The van der Waals surface area contributed by atoms with E-state index < -0.39 is 12.0 Å². The van der Waals surface area contributed by atoms with Gasteiger partial charge in [-0.25, -0.2) is 0 Å². The minimum Gasteiger partial charge on any atom is -0.508 e. The summed E-state index contributed by atoms with van der Waals surface area (Å²) in [4.78, 5) is 11.6. The number of hydrogen-bond donors (Lipinski definition) is 2. The van der Waals surface area contributed by atoms with Crippen LogP contribution in [0.5, 0.6) is 5.75 Å². The van der Waals surface area contributed by atoms with Crippen LogP contribution in [0.2, 0.25) is 5.02 Å². The Balaban J connectivity index is 1.93. The topological polar surface area (TPSA) is 67.8 Å². The Labute approximate surface area is 161 Å². The lowest BCUT2D eigenvalue weighted by molar-refractivity contribution is -0.199. The Kier molecular flexibility index (Phi) is 8.19. The van der Waals surface area contributed by atoms with E-state index in [2.05, 4.69) is 12.2 Å². The van der Waals surface area contributed by atoms with Gasteiger partial charge in [0.1, 0.15) is 11.9 Å². The largest absolute Gasteiger partial charge is 0.508 e. The highest BCUT2D eigenvalue weighted by Gasteiger charge is 2.43. The molecule has 0 aliphatic carbocycles. The van der Waals surface area contributed by atoms with Gasteiger partial charge in [-0.2, -0.15) is 0 Å². The molecule has 0 bridgehead atoms. The highest BCUT2D eigenvalue weighted by atomic mass is 35.5. The van der Waals surface area contributed by atoms with Crippen LogP contribution in [0.4, 0.5) is 0 Å². The molecule has 1 heterocycles. The first-order valence-corrected chi connectivity index (χ1v) is 9.92. The quantitative estimate of drug-likeness (QED) is 0.554. The number of ether oxygens (including phenoxy) is 2. The average molecular weight is 384 g/mol. The molecular formula is C20H30ClNO4. The number of carbonyl (C=O) groups is 1. The summed E-state index contributed by atoms with van der Waals surface area (Å²) in [7, 11) is 0. The van der Waals surface area contributed by atoms with E-state index in [-0.39, 0.29) is 18.3 Å². The second-order valence-electron chi connectivity index (χ2n) is 6.93. The number of nitrogens with one attached hydrogen (secondary N) is 1. The number of carbonyl (C=O) groups excluding carboxylic acids is 1. The summed E-state index contributed by atoms with van der Waals surface area (Å²) in [6, 6.07) is 4.83. The van der Waals surface area contributed by atoms with Crippen LogP contribution in [-0.4, -0.2) is 23.5 Å². The molecule has 2 unspecified atom stereocenters. The number of hydrogen-bond acceptors (Lipinski definition) is 4. The normalized spacial score (nSPS) is 22.5. The fourth-order valence-electron chi connectivity index (χ4n) is 3.29. The summed E-state index contributed by atoms with van der Waals surface area (Å²) in [6.07, 6.45) is 8.30. The fourth-order valence-corrected chi connectivity index (χ4v) is 3.47. The monoisotopic (exact) mass is 383 g/mol. The van der Waals surface area contributed by atoms with Crippen LogP contribution in [0.25, 0.3) is 0 Å². The highest BCUT2D eigenvalue weighted by molar-refractivity contribution is 6.30. The van der Waals surface area contributed by atoms with Gasteiger partial charge in [0.15, 0.2) is 0 Å². The SMILES string of the molecule is CCCCCCCCCC1(NC(C)=O)OCC(c2cc(Cl)ccc2O)O1. The Hall–Kier alpha value is -1.30. The van der Waals surface area contributed by atoms with E-state index in [4.69, 9.17) is 21.1 Å². The summed E-state index contributed by atoms with van der Waals surface area (Å²) >= 11 is 6.03. The molecule has 1 amide bonds. The van der Waals surface area contributed by atoms with E-state index in [0.717, 1.165) is 12.8 Å². The summed E-state index contributed by atoms with van der Waals surface area (Å²) in [5.41, 5.74) is 0.573. The predicted molar refractivity (Wildman–Crippen MR) is 102 cm³/mol. The van der Waals surface area contributed by atoms with Crippen molar-refractivity contribution in [2.45, 2.75) is 77.2 Å². The Bertz CT molecular complexity index is 595. The molecule has 5 nitrogen and oxygen atoms in total. The van der Waals surface area contributed by atoms with Crippen LogP contribution in [0.1, 0.15) is 76.9 Å². The molecule has 1 saturated heterocycles. The molecule has 1 aromatic rings. The molecule has 0 saturated carbocycles.